The van der Waals surface area contributed by atoms with Gasteiger partial charge in [-0.2, -0.15) is 5.26 Å². The number of nitrogens with two attached hydrogens (primary N) is 1. The number of aromatic nitrogens is 1. The van der Waals surface area contributed by atoms with Gasteiger partial charge in [-0.25, -0.2) is 4.98 Å². The largest absolute Gasteiger partial charge is 0.395 e. The Morgan fingerprint density at radius 1 is 1.71 bits per heavy atom. The number of pyridine rings is 1. The highest BCUT2D eigenvalue weighted by Crippen LogP contribution is 2.18. The van der Waals surface area contributed by atoms with Gasteiger partial charge in [0.15, 0.2) is 5.82 Å². The molecule has 0 saturated carbocycles. The predicted octanol–water partition coefficient (Wildman–Crippen LogP) is 0.426. The van der Waals surface area contributed by atoms with Crippen LogP contribution < -0.4 is 11.1 Å². The maximum Gasteiger partial charge on any atom is 0.241 e. The van der Waals surface area contributed by atoms with Crippen LogP contribution in [0.25, 0.3) is 0 Å². The summed E-state index contributed by atoms with van der Waals surface area (Å²) in [5.74, 6) is 0.304. The molecule has 0 saturated heterocycles. The Labute approximate surface area is 100 Å². The summed E-state index contributed by atoms with van der Waals surface area (Å²) >= 11 is 0. The molecule has 0 spiro atoms. The molecule has 6 nitrogen and oxygen atoms in total. The summed E-state index contributed by atoms with van der Waals surface area (Å²) in [4.78, 5) is 17.1. The number of nitrogens with zero attached hydrogens (tertiary/aromatic N) is 3. The van der Waals surface area contributed by atoms with Crippen molar-refractivity contribution in [1.82, 2.24) is 9.88 Å². The molecule has 1 aromatic heterocycles. The van der Waals surface area contributed by atoms with Crippen LogP contribution in [0.5, 0.6) is 0 Å². The first kappa shape index (κ1) is 12.8. The van der Waals surface area contributed by atoms with E-state index in [1.54, 1.807) is 11.9 Å². The van der Waals surface area contributed by atoms with Gasteiger partial charge in [0.1, 0.15) is 6.07 Å². The fourth-order valence-corrected chi connectivity index (χ4v) is 1.18. The number of likely N-dealkylation sites (N-methyl/N-ethyl adjacent to an activating group) is 1. The van der Waals surface area contributed by atoms with E-state index >= 15 is 0 Å². The fraction of sp³-hybridized carbons (Fsp3) is 0.364. The minimum Gasteiger partial charge on any atom is -0.395 e. The molecule has 0 aromatic carbocycles. The number of nitrogen functional groups attached to an aromatic ring is 1. The molecule has 3 N–H and O–H groups in total. The summed E-state index contributed by atoms with van der Waals surface area (Å²) in [7, 11) is 1.71. The normalized spacial score (nSPS) is 9.47. The highest BCUT2D eigenvalue weighted by atomic mass is 16.2. The molecule has 0 aliphatic rings. The average molecular weight is 233 g/mol. The van der Waals surface area contributed by atoms with Gasteiger partial charge in [-0.3, -0.25) is 4.79 Å². The topological polar surface area (TPSA) is 95.0 Å². The molecule has 0 radical (unpaired) electrons. The van der Waals surface area contributed by atoms with E-state index in [2.05, 4.69) is 10.3 Å². The Kier molecular flexibility index (Phi) is 4.29. The van der Waals surface area contributed by atoms with Crippen LogP contribution in [0.2, 0.25) is 0 Å². The molecule has 0 bridgehead atoms. The van der Waals surface area contributed by atoms with Crippen molar-refractivity contribution in [3.8, 4) is 6.07 Å². The lowest BCUT2D eigenvalue weighted by Crippen LogP contribution is -2.32. The first-order chi connectivity index (χ1) is 8.10. The molecule has 6 heteroatoms. The van der Waals surface area contributed by atoms with Crippen molar-refractivity contribution in [3.63, 3.8) is 0 Å². The Hall–Kier alpha value is -2.29. The lowest BCUT2D eigenvalue weighted by molar-refractivity contribution is -0.127. The van der Waals surface area contributed by atoms with Gasteiger partial charge in [-0.15, -0.1) is 0 Å². The molecular weight excluding hydrogens is 218 g/mol. The molecule has 0 aliphatic heterocycles. The summed E-state index contributed by atoms with van der Waals surface area (Å²) in [5.41, 5.74) is 6.33. The number of anilines is 2. The molecule has 1 rings (SSSR count). The lowest BCUT2D eigenvalue weighted by atomic mass is 10.2. The van der Waals surface area contributed by atoms with Crippen LogP contribution in [0.1, 0.15) is 12.5 Å². The van der Waals surface area contributed by atoms with Gasteiger partial charge in [0, 0.05) is 19.8 Å². The van der Waals surface area contributed by atoms with E-state index in [1.165, 1.54) is 12.3 Å². The minimum absolute atomic E-state index is 0.0592. The van der Waals surface area contributed by atoms with Gasteiger partial charge in [0.2, 0.25) is 5.91 Å². The van der Waals surface area contributed by atoms with Crippen molar-refractivity contribution >= 4 is 17.4 Å². The zero-order valence-electron chi connectivity index (χ0n) is 9.90. The highest BCUT2D eigenvalue weighted by Gasteiger charge is 2.09. The Morgan fingerprint density at radius 2 is 2.41 bits per heavy atom. The van der Waals surface area contributed by atoms with Crippen molar-refractivity contribution < 1.29 is 4.79 Å². The van der Waals surface area contributed by atoms with Crippen molar-refractivity contribution in [2.75, 3.05) is 31.2 Å². The number of hydrogen-bond donors (Lipinski definition) is 2. The van der Waals surface area contributed by atoms with Crippen molar-refractivity contribution in [2.24, 2.45) is 0 Å². The SMILES string of the molecule is CCN(C)C(=O)CNc1nccc(C#N)c1N. The number of carbonyl (C=O) groups excluding carboxylic acids is 1. The van der Waals surface area contributed by atoms with Crippen molar-refractivity contribution in [1.29, 1.82) is 5.26 Å². The predicted molar refractivity (Wildman–Crippen MR) is 65.2 cm³/mol. The second kappa shape index (κ2) is 5.70. The number of nitrogens with one attached hydrogen (secondary N) is 1. The van der Waals surface area contributed by atoms with Gasteiger partial charge in [0.05, 0.1) is 17.8 Å². The molecule has 1 amide bonds. The third-order valence-electron chi connectivity index (χ3n) is 2.42. The molecular formula is C11H15N5O. The zero-order chi connectivity index (χ0) is 12.8. The summed E-state index contributed by atoms with van der Waals surface area (Å²) in [6.45, 7) is 2.64. The molecule has 17 heavy (non-hydrogen) atoms. The van der Waals surface area contributed by atoms with Gasteiger partial charge in [-0.05, 0) is 13.0 Å². The van der Waals surface area contributed by atoms with Gasteiger partial charge >= 0.3 is 0 Å². The fourth-order valence-electron chi connectivity index (χ4n) is 1.18. The maximum absolute atomic E-state index is 11.5. The van der Waals surface area contributed by atoms with Crippen LogP contribution in [0.4, 0.5) is 11.5 Å². The van der Waals surface area contributed by atoms with E-state index in [9.17, 15) is 4.79 Å². The standard InChI is InChI=1S/C11H15N5O/c1-3-16(2)9(17)7-15-11-10(13)8(6-12)4-5-14-11/h4-5H,3,7,13H2,1-2H3,(H,14,15). The number of hydrogen-bond acceptors (Lipinski definition) is 5. The van der Waals surface area contributed by atoms with E-state index in [4.69, 9.17) is 11.0 Å². The van der Waals surface area contributed by atoms with Crippen LogP contribution in [-0.4, -0.2) is 35.9 Å². The summed E-state index contributed by atoms with van der Waals surface area (Å²) in [5, 5.41) is 11.6. The zero-order valence-corrected chi connectivity index (χ0v) is 9.90. The van der Waals surface area contributed by atoms with E-state index in [0.29, 0.717) is 17.9 Å². The molecule has 0 unspecified atom stereocenters. The minimum atomic E-state index is -0.0592. The first-order valence-corrected chi connectivity index (χ1v) is 5.22. The number of nitriles is 1. The monoisotopic (exact) mass is 233 g/mol. The van der Waals surface area contributed by atoms with Crippen LogP contribution >= 0.6 is 0 Å². The summed E-state index contributed by atoms with van der Waals surface area (Å²) in [6, 6.07) is 3.49. The van der Waals surface area contributed by atoms with Crippen molar-refractivity contribution in [2.45, 2.75) is 6.92 Å². The van der Waals surface area contributed by atoms with Crippen LogP contribution in [0.15, 0.2) is 12.3 Å². The Bertz CT molecular complexity index is 452. The highest BCUT2D eigenvalue weighted by molar-refractivity contribution is 5.82. The van der Waals surface area contributed by atoms with Crippen LogP contribution in [0.3, 0.4) is 0 Å². The molecule has 1 heterocycles. The van der Waals surface area contributed by atoms with Crippen molar-refractivity contribution in [3.05, 3.63) is 17.8 Å². The molecule has 0 atom stereocenters. The molecule has 90 valence electrons. The lowest BCUT2D eigenvalue weighted by Gasteiger charge is -2.15. The quantitative estimate of drug-likeness (QED) is 0.786. The third kappa shape index (κ3) is 3.08. The van der Waals surface area contributed by atoms with E-state index in [1.807, 2.05) is 13.0 Å². The number of amides is 1. The van der Waals surface area contributed by atoms with Gasteiger partial charge in [-0.1, -0.05) is 0 Å². The van der Waals surface area contributed by atoms with Gasteiger partial charge < -0.3 is 16.0 Å². The Morgan fingerprint density at radius 3 is 3.00 bits per heavy atom. The number of carbonyl (C=O) groups is 1. The average Bonchev–Trinajstić information content (AvgIpc) is 2.36. The van der Waals surface area contributed by atoms with E-state index in [0.717, 1.165) is 0 Å². The maximum atomic E-state index is 11.5. The second-order valence-electron chi connectivity index (χ2n) is 3.49. The smallest absolute Gasteiger partial charge is 0.241 e. The molecule has 0 fully saturated rings. The van der Waals surface area contributed by atoms with Gasteiger partial charge in [0.25, 0.3) is 0 Å². The third-order valence-corrected chi connectivity index (χ3v) is 2.42. The van der Waals surface area contributed by atoms with Crippen LogP contribution in [0, 0.1) is 11.3 Å². The van der Waals surface area contributed by atoms with Crippen LogP contribution in [-0.2, 0) is 4.79 Å². The molecule has 1 aromatic rings. The number of rotatable bonds is 4. The molecule has 0 aliphatic carbocycles. The summed E-state index contributed by atoms with van der Waals surface area (Å²) in [6.07, 6.45) is 1.48. The second-order valence-corrected chi connectivity index (χ2v) is 3.49. The van der Waals surface area contributed by atoms with E-state index in [-0.39, 0.29) is 18.1 Å². The summed E-state index contributed by atoms with van der Waals surface area (Å²) < 4.78 is 0. The first-order valence-electron chi connectivity index (χ1n) is 5.22. The van der Waals surface area contributed by atoms with E-state index < -0.39 is 0 Å². The Balaban J connectivity index is 2.71.